The Morgan fingerprint density at radius 2 is 1.69 bits per heavy atom. The Bertz CT molecular complexity index is 1300. The zero-order valence-electron chi connectivity index (χ0n) is 21.9. The lowest BCUT2D eigenvalue weighted by Crippen LogP contribution is -2.36. The third kappa shape index (κ3) is 7.99. The molecular weight excluding hydrogens is 500 g/mol. The largest absolute Gasteiger partial charge is 0.493 e. The Balaban J connectivity index is 1.36. The van der Waals surface area contributed by atoms with Gasteiger partial charge in [0.15, 0.2) is 11.5 Å². The number of fused-ring (bicyclic) bond motifs is 1. The van der Waals surface area contributed by atoms with Crippen molar-refractivity contribution in [3.05, 3.63) is 89.1 Å². The molecule has 9 heteroatoms. The first-order chi connectivity index (χ1) is 18.9. The molecule has 1 aliphatic heterocycles. The van der Waals surface area contributed by atoms with Gasteiger partial charge in [-0.05, 0) is 79.6 Å². The third-order valence-corrected chi connectivity index (χ3v) is 5.67. The molecule has 39 heavy (non-hydrogen) atoms. The van der Waals surface area contributed by atoms with Crippen LogP contribution in [0.15, 0.2) is 72.4 Å². The summed E-state index contributed by atoms with van der Waals surface area (Å²) in [5.41, 5.74) is 2.18. The predicted molar refractivity (Wildman–Crippen MR) is 146 cm³/mol. The molecule has 4 rings (SSSR count). The molecule has 3 aromatic carbocycles. The molecule has 2 amide bonds. The number of benzene rings is 3. The van der Waals surface area contributed by atoms with E-state index in [1.54, 1.807) is 54.6 Å². The average molecular weight is 533 g/mol. The molecule has 3 N–H and O–H groups in total. The van der Waals surface area contributed by atoms with E-state index in [9.17, 15) is 9.59 Å². The smallest absolute Gasteiger partial charge is 0.267 e. The van der Waals surface area contributed by atoms with Gasteiger partial charge in [0.05, 0.1) is 19.3 Å². The van der Waals surface area contributed by atoms with E-state index in [4.69, 9.17) is 24.1 Å². The summed E-state index contributed by atoms with van der Waals surface area (Å²) in [6.45, 7) is 4.40. The average Bonchev–Trinajstić information content (AvgIpc) is 3.40. The third-order valence-electron chi connectivity index (χ3n) is 5.67. The number of aliphatic hydroxyl groups excluding tert-OH is 1. The van der Waals surface area contributed by atoms with Crippen LogP contribution < -0.4 is 29.6 Å². The summed E-state index contributed by atoms with van der Waals surface area (Å²) >= 11 is 0. The van der Waals surface area contributed by atoms with Crippen LogP contribution in [0.5, 0.6) is 23.0 Å². The van der Waals surface area contributed by atoms with Crippen molar-refractivity contribution in [2.24, 2.45) is 0 Å². The van der Waals surface area contributed by atoms with Gasteiger partial charge in [0.1, 0.15) is 17.2 Å². The van der Waals surface area contributed by atoms with E-state index in [0.717, 1.165) is 17.1 Å². The molecular formula is C30H32N2O7. The molecule has 204 valence electrons. The van der Waals surface area contributed by atoms with Gasteiger partial charge in [-0.2, -0.15) is 0 Å². The zero-order chi connectivity index (χ0) is 27.6. The molecule has 0 atom stereocenters. The number of nitrogens with one attached hydrogen (secondary N) is 2. The van der Waals surface area contributed by atoms with E-state index in [1.165, 1.54) is 0 Å². The molecule has 0 saturated heterocycles. The second-order valence-corrected chi connectivity index (χ2v) is 9.04. The molecule has 0 aliphatic carbocycles. The predicted octanol–water partition coefficient (Wildman–Crippen LogP) is 3.70. The first-order valence-corrected chi connectivity index (χ1v) is 12.7. The van der Waals surface area contributed by atoms with Gasteiger partial charge in [0.2, 0.25) is 6.79 Å². The van der Waals surface area contributed by atoms with Crippen molar-refractivity contribution in [2.45, 2.75) is 26.4 Å². The Labute approximate surface area is 227 Å². The maximum absolute atomic E-state index is 12.9. The van der Waals surface area contributed by atoms with E-state index >= 15 is 0 Å². The maximum Gasteiger partial charge on any atom is 0.267 e. The number of carbonyl (C=O) groups excluding carboxylic acids is 2. The SMILES string of the molecule is CC(C)Oc1ccc(/C=C(/NC(=O)c2ccc(OCCc3ccc4c(c3)OCO4)cc2)C(=O)NCCO)cc1. The van der Waals surface area contributed by atoms with Crippen LogP contribution in [-0.4, -0.2) is 49.6 Å². The van der Waals surface area contributed by atoms with Gasteiger partial charge >= 0.3 is 0 Å². The fourth-order valence-corrected chi connectivity index (χ4v) is 3.78. The monoisotopic (exact) mass is 532 g/mol. The van der Waals surface area contributed by atoms with Crippen molar-refractivity contribution >= 4 is 17.9 Å². The van der Waals surface area contributed by atoms with Gasteiger partial charge in [-0.25, -0.2) is 0 Å². The highest BCUT2D eigenvalue weighted by Gasteiger charge is 2.15. The van der Waals surface area contributed by atoms with Crippen molar-refractivity contribution in [1.29, 1.82) is 0 Å². The Morgan fingerprint density at radius 1 is 0.974 bits per heavy atom. The summed E-state index contributed by atoms with van der Waals surface area (Å²) in [5.74, 6) is 1.84. The number of hydrogen-bond acceptors (Lipinski definition) is 7. The van der Waals surface area contributed by atoms with Crippen molar-refractivity contribution in [3.8, 4) is 23.0 Å². The molecule has 1 heterocycles. The van der Waals surface area contributed by atoms with Gasteiger partial charge in [0.25, 0.3) is 11.8 Å². The summed E-state index contributed by atoms with van der Waals surface area (Å²) in [7, 11) is 0. The summed E-state index contributed by atoms with van der Waals surface area (Å²) < 4.78 is 22.2. The van der Waals surface area contributed by atoms with Crippen LogP contribution >= 0.6 is 0 Å². The first-order valence-electron chi connectivity index (χ1n) is 12.7. The maximum atomic E-state index is 12.9. The van der Waals surface area contributed by atoms with Crippen LogP contribution in [-0.2, 0) is 11.2 Å². The summed E-state index contributed by atoms with van der Waals surface area (Å²) in [5, 5.41) is 14.3. The molecule has 0 saturated carbocycles. The van der Waals surface area contributed by atoms with Crippen molar-refractivity contribution in [1.82, 2.24) is 10.6 Å². The molecule has 0 spiro atoms. The summed E-state index contributed by atoms with van der Waals surface area (Å²) in [4.78, 5) is 25.6. The zero-order valence-corrected chi connectivity index (χ0v) is 21.9. The summed E-state index contributed by atoms with van der Waals surface area (Å²) in [6, 6.07) is 19.6. The number of carbonyl (C=O) groups is 2. The van der Waals surface area contributed by atoms with Crippen molar-refractivity contribution in [3.63, 3.8) is 0 Å². The number of ether oxygens (including phenoxy) is 4. The number of aliphatic hydroxyl groups is 1. The van der Waals surface area contributed by atoms with Gasteiger partial charge in [-0.15, -0.1) is 0 Å². The van der Waals surface area contributed by atoms with Gasteiger partial charge < -0.3 is 34.7 Å². The molecule has 1 aliphatic rings. The Morgan fingerprint density at radius 3 is 2.41 bits per heavy atom. The van der Waals surface area contributed by atoms with Crippen LogP contribution in [0.4, 0.5) is 0 Å². The quantitative estimate of drug-likeness (QED) is 0.305. The van der Waals surface area contributed by atoms with Crippen LogP contribution in [0.3, 0.4) is 0 Å². The van der Waals surface area contributed by atoms with Crippen LogP contribution in [0.2, 0.25) is 0 Å². The van der Waals surface area contributed by atoms with Crippen molar-refractivity contribution < 1.29 is 33.6 Å². The van der Waals surface area contributed by atoms with E-state index < -0.39 is 11.8 Å². The minimum atomic E-state index is -0.511. The molecule has 0 radical (unpaired) electrons. The number of hydrogen-bond donors (Lipinski definition) is 3. The van der Waals surface area contributed by atoms with Crippen LogP contribution in [0.25, 0.3) is 6.08 Å². The first kappa shape index (κ1) is 27.5. The molecule has 0 fully saturated rings. The highest BCUT2D eigenvalue weighted by molar-refractivity contribution is 6.05. The van der Waals surface area contributed by atoms with E-state index in [1.807, 2.05) is 32.0 Å². The van der Waals surface area contributed by atoms with Gasteiger partial charge in [-0.1, -0.05) is 18.2 Å². The van der Waals surface area contributed by atoms with Gasteiger partial charge in [0, 0.05) is 18.5 Å². The fourth-order valence-electron chi connectivity index (χ4n) is 3.78. The standard InChI is InChI=1S/C30H32N2O7/c1-20(2)39-25-8-3-21(4-9-25)17-26(30(35)31-14-15-33)32-29(34)23-6-10-24(11-7-23)36-16-13-22-5-12-27-28(18-22)38-19-37-27/h3-12,17-18,20,33H,13-16,19H2,1-2H3,(H,31,35)(H,32,34)/b26-17+. The lowest BCUT2D eigenvalue weighted by atomic mass is 10.1. The minimum absolute atomic E-state index is 0.0392. The molecule has 9 nitrogen and oxygen atoms in total. The van der Waals surface area contributed by atoms with Crippen molar-refractivity contribution in [2.75, 3.05) is 26.6 Å². The lowest BCUT2D eigenvalue weighted by Gasteiger charge is -2.12. The molecule has 0 aromatic heterocycles. The molecule has 0 bridgehead atoms. The van der Waals surface area contributed by atoms with E-state index in [2.05, 4.69) is 10.6 Å². The second kappa shape index (κ2) is 13.3. The lowest BCUT2D eigenvalue weighted by molar-refractivity contribution is -0.117. The highest BCUT2D eigenvalue weighted by Crippen LogP contribution is 2.32. The van der Waals surface area contributed by atoms with E-state index in [-0.39, 0.29) is 31.7 Å². The number of amides is 2. The molecule has 3 aromatic rings. The highest BCUT2D eigenvalue weighted by atomic mass is 16.7. The van der Waals surface area contributed by atoms with E-state index in [0.29, 0.717) is 35.7 Å². The second-order valence-electron chi connectivity index (χ2n) is 9.04. The van der Waals surface area contributed by atoms with Crippen LogP contribution in [0, 0.1) is 0 Å². The van der Waals surface area contributed by atoms with Gasteiger partial charge in [-0.3, -0.25) is 9.59 Å². The Kier molecular flexibility index (Phi) is 9.42. The van der Waals surface area contributed by atoms with Crippen LogP contribution in [0.1, 0.15) is 35.3 Å². The molecule has 0 unspecified atom stereocenters. The fraction of sp³-hybridized carbons (Fsp3) is 0.267. The Hall–Kier alpha value is -4.50. The minimum Gasteiger partial charge on any atom is -0.493 e. The number of rotatable bonds is 12. The summed E-state index contributed by atoms with van der Waals surface area (Å²) in [6.07, 6.45) is 2.29. The topological polar surface area (TPSA) is 115 Å². The normalized spacial score (nSPS) is 12.3.